The second-order valence-corrected chi connectivity index (χ2v) is 3.80. The highest BCUT2D eigenvalue weighted by Gasteiger charge is 2.08. The molecule has 1 aromatic heterocycles. The lowest BCUT2D eigenvalue weighted by Gasteiger charge is -2.06. The van der Waals surface area contributed by atoms with Crippen LogP contribution in [0.4, 0.5) is 11.4 Å². The summed E-state index contributed by atoms with van der Waals surface area (Å²) in [5, 5.41) is 10.9. The molecule has 5 nitrogen and oxygen atoms in total. The van der Waals surface area contributed by atoms with Gasteiger partial charge in [0.1, 0.15) is 0 Å². The molecule has 0 saturated carbocycles. The largest absolute Gasteiger partial charge is 0.397 e. The molecule has 1 aromatic carbocycles. The van der Waals surface area contributed by atoms with Crippen molar-refractivity contribution in [1.82, 2.24) is 10.3 Å². The minimum atomic E-state index is 0.593. The molecule has 0 radical (unpaired) electrons. The van der Waals surface area contributed by atoms with E-state index >= 15 is 0 Å². The van der Waals surface area contributed by atoms with Crippen LogP contribution >= 0.6 is 0 Å². The SMILES string of the molecule is CCCCCNc1ccc(N)c2nonc12. The summed E-state index contributed by atoms with van der Waals surface area (Å²) in [7, 11) is 0. The standard InChI is InChI=1S/C11H16N4O/c1-2-3-4-7-13-9-6-5-8(12)10-11(9)15-16-14-10/h5-6,13H,2-4,7,12H2,1H3. The smallest absolute Gasteiger partial charge is 0.160 e. The molecular weight excluding hydrogens is 204 g/mol. The second-order valence-electron chi connectivity index (χ2n) is 3.80. The molecule has 2 rings (SSSR count). The number of rotatable bonds is 5. The number of anilines is 2. The molecule has 16 heavy (non-hydrogen) atoms. The number of unbranched alkanes of at least 4 members (excludes halogenated alkanes) is 2. The molecule has 0 aliphatic rings. The summed E-state index contributed by atoms with van der Waals surface area (Å²) < 4.78 is 4.69. The van der Waals surface area contributed by atoms with Crippen LogP contribution in [0.25, 0.3) is 11.0 Å². The first-order valence-electron chi connectivity index (χ1n) is 5.57. The lowest BCUT2D eigenvalue weighted by Crippen LogP contribution is -2.02. The van der Waals surface area contributed by atoms with Gasteiger partial charge in [-0.3, -0.25) is 0 Å². The molecule has 0 aliphatic heterocycles. The highest BCUT2D eigenvalue weighted by molar-refractivity contribution is 5.94. The minimum Gasteiger partial charge on any atom is -0.397 e. The van der Waals surface area contributed by atoms with Crippen LogP contribution in [0.2, 0.25) is 0 Å². The number of hydrogen-bond acceptors (Lipinski definition) is 5. The van der Waals surface area contributed by atoms with Crippen molar-refractivity contribution in [3.8, 4) is 0 Å². The van der Waals surface area contributed by atoms with E-state index in [1.807, 2.05) is 12.1 Å². The van der Waals surface area contributed by atoms with E-state index in [0.29, 0.717) is 16.7 Å². The highest BCUT2D eigenvalue weighted by atomic mass is 16.6. The van der Waals surface area contributed by atoms with E-state index < -0.39 is 0 Å². The molecule has 0 saturated heterocycles. The van der Waals surface area contributed by atoms with E-state index in [0.717, 1.165) is 18.7 Å². The molecule has 0 spiro atoms. The van der Waals surface area contributed by atoms with Crippen molar-refractivity contribution >= 4 is 22.4 Å². The normalized spacial score (nSPS) is 10.8. The second kappa shape index (κ2) is 4.83. The van der Waals surface area contributed by atoms with Crippen LogP contribution in [0.3, 0.4) is 0 Å². The third-order valence-electron chi connectivity index (χ3n) is 2.54. The van der Waals surface area contributed by atoms with Gasteiger partial charge < -0.3 is 11.1 Å². The van der Waals surface area contributed by atoms with E-state index in [2.05, 4.69) is 22.6 Å². The van der Waals surface area contributed by atoms with E-state index in [1.165, 1.54) is 12.8 Å². The maximum atomic E-state index is 5.76. The fourth-order valence-corrected chi connectivity index (χ4v) is 1.63. The first-order chi connectivity index (χ1) is 7.83. The van der Waals surface area contributed by atoms with Gasteiger partial charge in [-0.2, -0.15) is 0 Å². The van der Waals surface area contributed by atoms with Gasteiger partial charge in [0.05, 0.1) is 11.4 Å². The van der Waals surface area contributed by atoms with E-state index in [4.69, 9.17) is 10.4 Å². The van der Waals surface area contributed by atoms with Crippen molar-refractivity contribution in [2.24, 2.45) is 0 Å². The number of nitrogen functional groups attached to an aromatic ring is 1. The zero-order valence-corrected chi connectivity index (χ0v) is 9.36. The maximum absolute atomic E-state index is 5.76. The number of nitrogens with zero attached hydrogens (tertiary/aromatic N) is 2. The number of nitrogens with two attached hydrogens (primary N) is 1. The number of fused-ring (bicyclic) bond motifs is 1. The van der Waals surface area contributed by atoms with Gasteiger partial charge in [0.2, 0.25) is 0 Å². The van der Waals surface area contributed by atoms with E-state index in [1.54, 1.807) is 0 Å². The molecule has 2 aromatic rings. The lowest BCUT2D eigenvalue weighted by molar-refractivity contribution is 0.316. The Kier molecular flexibility index (Phi) is 3.24. The van der Waals surface area contributed by atoms with Crippen molar-refractivity contribution in [1.29, 1.82) is 0 Å². The first kappa shape index (κ1) is 10.7. The predicted molar refractivity (Wildman–Crippen MR) is 64.2 cm³/mol. The average molecular weight is 220 g/mol. The summed E-state index contributed by atoms with van der Waals surface area (Å²) >= 11 is 0. The van der Waals surface area contributed by atoms with Crippen LogP contribution < -0.4 is 11.1 Å². The van der Waals surface area contributed by atoms with Crippen molar-refractivity contribution in [3.63, 3.8) is 0 Å². The summed E-state index contributed by atoms with van der Waals surface area (Å²) in [5.41, 5.74) is 8.61. The monoisotopic (exact) mass is 220 g/mol. The Morgan fingerprint density at radius 3 is 2.88 bits per heavy atom. The first-order valence-corrected chi connectivity index (χ1v) is 5.57. The lowest BCUT2D eigenvalue weighted by atomic mass is 10.2. The number of benzene rings is 1. The van der Waals surface area contributed by atoms with Gasteiger partial charge in [-0.25, -0.2) is 4.63 Å². The van der Waals surface area contributed by atoms with Crippen molar-refractivity contribution in [2.45, 2.75) is 26.2 Å². The number of hydrogen-bond donors (Lipinski definition) is 2. The molecule has 3 N–H and O–H groups in total. The van der Waals surface area contributed by atoms with Crippen molar-refractivity contribution in [2.75, 3.05) is 17.6 Å². The van der Waals surface area contributed by atoms with Crippen LogP contribution in [-0.2, 0) is 0 Å². The third-order valence-corrected chi connectivity index (χ3v) is 2.54. The van der Waals surface area contributed by atoms with Gasteiger partial charge in [-0.15, -0.1) is 0 Å². The fraction of sp³-hybridized carbons (Fsp3) is 0.455. The van der Waals surface area contributed by atoms with Gasteiger partial charge in [-0.05, 0) is 28.9 Å². The molecule has 0 bridgehead atoms. The number of nitrogens with one attached hydrogen (secondary N) is 1. The molecule has 0 aliphatic carbocycles. The van der Waals surface area contributed by atoms with Crippen LogP contribution in [0.15, 0.2) is 16.8 Å². The van der Waals surface area contributed by atoms with Crippen molar-refractivity contribution < 1.29 is 4.63 Å². The quantitative estimate of drug-likeness (QED) is 0.597. The van der Waals surface area contributed by atoms with Gasteiger partial charge in [0.25, 0.3) is 0 Å². The number of aromatic nitrogens is 2. The summed E-state index contributed by atoms with van der Waals surface area (Å²) in [6, 6.07) is 3.72. The summed E-state index contributed by atoms with van der Waals surface area (Å²) in [6.45, 7) is 3.11. The molecule has 0 unspecified atom stereocenters. The highest BCUT2D eigenvalue weighted by Crippen LogP contribution is 2.24. The van der Waals surface area contributed by atoms with Crippen LogP contribution in [-0.4, -0.2) is 16.9 Å². The Labute approximate surface area is 94.0 Å². The van der Waals surface area contributed by atoms with E-state index in [9.17, 15) is 0 Å². The Hall–Kier alpha value is -1.78. The predicted octanol–water partition coefficient (Wildman–Crippen LogP) is 2.41. The molecule has 0 fully saturated rings. The Morgan fingerprint density at radius 2 is 2.06 bits per heavy atom. The summed E-state index contributed by atoms with van der Waals surface area (Å²) in [4.78, 5) is 0. The zero-order valence-electron chi connectivity index (χ0n) is 9.36. The molecule has 1 heterocycles. The average Bonchev–Trinajstić information content (AvgIpc) is 2.77. The Bertz CT molecular complexity index is 466. The van der Waals surface area contributed by atoms with Crippen LogP contribution in [0.5, 0.6) is 0 Å². The van der Waals surface area contributed by atoms with Gasteiger partial charge in [0.15, 0.2) is 11.0 Å². The fourth-order valence-electron chi connectivity index (χ4n) is 1.63. The third kappa shape index (κ3) is 2.08. The van der Waals surface area contributed by atoms with Crippen molar-refractivity contribution in [3.05, 3.63) is 12.1 Å². The minimum absolute atomic E-state index is 0.593. The van der Waals surface area contributed by atoms with Gasteiger partial charge in [-0.1, -0.05) is 19.8 Å². The Morgan fingerprint density at radius 1 is 1.25 bits per heavy atom. The molecular formula is C11H16N4O. The Balaban J connectivity index is 2.12. The molecule has 0 amide bonds. The van der Waals surface area contributed by atoms with Crippen LogP contribution in [0.1, 0.15) is 26.2 Å². The van der Waals surface area contributed by atoms with Gasteiger partial charge in [0, 0.05) is 6.54 Å². The molecule has 0 atom stereocenters. The molecule has 86 valence electrons. The van der Waals surface area contributed by atoms with Crippen LogP contribution in [0, 0.1) is 0 Å². The van der Waals surface area contributed by atoms with Gasteiger partial charge >= 0.3 is 0 Å². The van der Waals surface area contributed by atoms with E-state index in [-0.39, 0.29) is 0 Å². The summed E-state index contributed by atoms with van der Waals surface area (Å²) in [5.74, 6) is 0. The summed E-state index contributed by atoms with van der Waals surface area (Å²) in [6.07, 6.45) is 3.58. The zero-order chi connectivity index (χ0) is 11.4. The maximum Gasteiger partial charge on any atom is 0.160 e. The molecule has 5 heteroatoms. The topological polar surface area (TPSA) is 77.0 Å².